The van der Waals surface area contributed by atoms with E-state index < -0.39 is 0 Å². The van der Waals surface area contributed by atoms with Crippen LogP contribution in [0.4, 0.5) is 5.69 Å². The highest BCUT2D eigenvalue weighted by atomic mass is 32.2. The van der Waals surface area contributed by atoms with Crippen LogP contribution in [0.3, 0.4) is 0 Å². The number of fused-ring (bicyclic) bond motifs is 1. The molecule has 0 bridgehead atoms. The molecule has 1 aliphatic rings. The summed E-state index contributed by atoms with van der Waals surface area (Å²) in [5.41, 5.74) is 2.11. The molecular weight excluding hydrogens is 372 g/mol. The molecule has 0 N–H and O–H groups in total. The molecule has 1 aliphatic heterocycles. The lowest BCUT2D eigenvalue weighted by Crippen LogP contribution is -2.39. The fourth-order valence-corrected chi connectivity index (χ4v) is 4.52. The smallest absolute Gasteiger partial charge is 0.241 e. The second-order valence-corrected chi connectivity index (χ2v) is 8.57. The molecule has 2 aromatic carbocycles. The second-order valence-electron chi connectivity index (χ2n) is 7.09. The van der Waals surface area contributed by atoms with Gasteiger partial charge in [0.05, 0.1) is 26.5 Å². The van der Waals surface area contributed by atoms with Gasteiger partial charge in [0.15, 0.2) is 11.5 Å². The van der Waals surface area contributed by atoms with Crippen LogP contribution in [0.5, 0.6) is 11.5 Å². The lowest BCUT2D eigenvalue weighted by Gasteiger charge is -2.25. The number of carbonyl (C=O) groups is 1. The minimum absolute atomic E-state index is 0.130. The van der Waals surface area contributed by atoms with Crippen LogP contribution in [0, 0.1) is 0 Å². The maximum Gasteiger partial charge on any atom is 0.241 e. The van der Waals surface area contributed by atoms with E-state index in [9.17, 15) is 4.79 Å². The van der Waals surface area contributed by atoms with E-state index in [-0.39, 0.29) is 5.91 Å². The molecule has 1 unspecified atom stereocenters. The number of rotatable bonds is 6. The molecule has 1 atom stereocenters. The molecule has 3 rings (SSSR count). The molecule has 1 heterocycles. The Hall–Kier alpha value is -2.18. The number of hydrogen-bond donors (Lipinski definition) is 0. The van der Waals surface area contributed by atoms with E-state index >= 15 is 0 Å². The van der Waals surface area contributed by atoms with Gasteiger partial charge in [-0.2, -0.15) is 0 Å². The van der Waals surface area contributed by atoms with Gasteiger partial charge in [0.1, 0.15) is 0 Å². The van der Waals surface area contributed by atoms with Crippen molar-refractivity contribution in [3.05, 3.63) is 48.0 Å². The third-order valence-corrected chi connectivity index (χ3v) is 6.09. The van der Waals surface area contributed by atoms with E-state index in [4.69, 9.17) is 9.47 Å². The number of hydrogen-bond acceptors (Lipinski definition) is 5. The Morgan fingerprint density at radius 1 is 1.18 bits per heavy atom. The molecule has 0 aromatic heterocycles. The summed E-state index contributed by atoms with van der Waals surface area (Å²) in [6, 6.07) is 14.1. The summed E-state index contributed by atoms with van der Waals surface area (Å²) in [6.07, 6.45) is 0.991. The lowest BCUT2D eigenvalue weighted by molar-refractivity contribution is -0.119. The van der Waals surface area contributed by atoms with Crippen molar-refractivity contribution in [2.45, 2.75) is 30.0 Å². The van der Waals surface area contributed by atoms with Gasteiger partial charge in [-0.15, -0.1) is 11.8 Å². The summed E-state index contributed by atoms with van der Waals surface area (Å²) in [6.45, 7) is 4.00. The Balaban J connectivity index is 1.69. The minimum Gasteiger partial charge on any atom is -0.493 e. The molecule has 5 nitrogen and oxygen atoms in total. The number of ether oxygens (including phenoxy) is 2. The van der Waals surface area contributed by atoms with Gasteiger partial charge in [0.25, 0.3) is 0 Å². The Morgan fingerprint density at radius 3 is 2.68 bits per heavy atom. The maximum absolute atomic E-state index is 13.1. The van der Waals surface area contributed by atoms with E-state index in [1.165, 1.54) is 4.90 Å². The van der Waals surface area contributed by atoms with Crippen LogP contribution in [0.25, 0.3) is 0 Å². The fraction of sp³-hybridized carbons (Fsp3) is 0.409. The van der Waals surface area contributed by atoms with E-state index in [1.54, 1.807) is 14.2 Å². The maximum atomic E-state index is 13.1. The first-order valence-corrected chi connectivity index (χ1v) is 10.3. The van der Waals surface area contributed by atoms with E-state index in [1.807, 2.05) is 65.0 Å². The third kappa shape index (κ3) is 4.80. The number of carbonyl (C=O) groups excluding carboxylic acids is 1. The van der Waals surface area contributed by atoms with Crippen LogP contribution in [-0.4, -0.2) is 50.4 Å². The molecule has 2 aromatic rings. The molecule has 0 fully saturated rings. The molecule has 0 saturated heterocycles. The van der Waals surface area contributed by atoms with Gasteiger partial charge in [-0.05, 0) is 43.3 Å². The molecule has 28 heavy (non-hydrogen) atoms. The number of para-hydroxylation sites is 1. The molecule has 0 aliphatic carbocycles. The third-order valence-electron chi connectivity index (χ3n) is 4.85. The Kier molecular flexibility index (Phi) is 6.86. The first-order chi connectivity index (χ1) is 13.5. The highest BCUT2D eigenvalue weighted by Gasteiger charge is 2.24. The molecule has 150 valence electrons. The highest BCUT2D eigenvalue weighted by Crippen LogP contribution is 2.37. The van der Waals surface area contributed by atoms with Crippen LogP contribution in [0.2, 0.25) is 0 Å². The van der Waals surface area contributed by atoms with Crippen molar-refractivity contribution in [1.82, 2.24) is 4.90 Å². The average Bonchev–Trinajstić information content (AvgIpc) is 2.85. The molecule has 0 radical (unpaired) electrons. The van der Waals surface area contributed by atoms with Gasteiger partial charge in [0.2, 0.25) is 5.91 Å². The highest BCUT2D eigenvalue weighted by molar-refractivity contribution is 8.00. The van der Waals surface area contributed by atoms with Gasteiger partial charge in [-0.1, -0.05) is 25.1 Å². The largest absolute Gasteiger partial charge is 0.493 e. The summed E-state index contributed by atoms with van der Waals surface area (Å²) < 4.78 is 10.7. The van der Waals surface area contributed by atoms with E-state index in [0.717, 1.165) is 24.2 Å². The topological polar surface area (TPSA) is 42.0 Å². The van der Waals surface area contributed by atoms with Gasteiger partial charge in [-0.3, -0.25) is 9.69 Å². The van der Waals surface area contributed by atoms with Crippen molar-refractivity contribution >= 4 is 23.4 Å². The SMILES string of the molecule is COc1ccc(CN(C)CC(=O)N2CCC(C)Sc3ccccc32)cc1OC. The van der Waals surface area contributed by atoms with Crippen molar-refractivity contribution in [1.29, 1.82) is 0 Å². The first-order valence-electron chi connectivity index (χ1n) is 9.47. The molecule has 6 heteroatoms. The zero-order chi connectivity index (χ0) is 20.1. The van der Waals surface area contributed by atoms with Gasteiger partial charge >= 0.3 is 0 Å². The number of nitrogens with zero attached hydrogens (tertiary/aromatic N) is 2. The van der Waals surface area contributed by atoms with Crippen LogP contribution >= 0.6 is 11.8 Å². The summed E-state index contributed by atoms with van der Waals surface area (Å²) in [7, 11) is 5.22. The summed E-state index contributed by atoms with van der Waals surface area (Å²) in [5.74, 6) is 1.54. The second kappa shape index (κ2) is 9.34. The number of amides is 1. The van der Waals surface area contributed by atoms with Crippen LogP contribution in [-0.2, 0) is 11.3 Å². The summed E-state index contributed by atoms with van der Waals surface area (Å²) >= 11 is 1.85. The van der Waals surface area contributed by atoms with Crippen molar-refractivity contribution < 1.29 is 14.3 Å². The first kappa shape index (κ1) is 20.6. The van der Waals surface area contributed by atoms with Crippen molar-refractivity contribution in [3.63, 3.8) is 0 Å². The van der Waals surface area contributed by atoms with Gasteiger partial charge < -0.3 is 14.4 Å². The van der Waals surface area contributed by atoms with E-state index in [2.05, 4.69) is 13.0 Å². The number of methoxy groups -OCH3 is 2. The molecular formula is C22H28N2O3S. The normalized spacial score (nSPS) is 16.5. The Morgan fingerprint density at radius 2 is 1.93 bits per heavy atom. The molecule has 1 amide bonds. The van der Waals surface area contributed by atoms with Crippen molar-refractivity contribution in [3.8, 4) is 11.5 Å². The van der Waals surface area contributed by atoms with Crippen LogP contribution in [0.15, 0.2) is 47.4 Å². The quantitative estimate of drug-likeness (QED) is 0.732. The lowest BCUT2D eigenvalue weighted by atomic mass is 10.2. The van der Waals surface area contributed by atoms with Crippen molar-refractivity contribution in [2.75, 3.05) is 39.3 Å². The average molecular weight is 401 g/mol. The fourth-order valence-electron chi connectivity index (χ4n) is 3.41. The minimum atomic E-state index is 0.130. The number of likely N-dealkylation sites (N-methyl/N-ethyl adjacent to an activating group) is 1. The predicted octanol–water partition coefficient (Wildman–Crippen LogP) is 4.05. The number of thioether (sulfide) groups is 1. The number of benzene rings is 2. The molecule has 0 spiro atoms. The van der Waals surface area contributed by atoms with Crippen LogP contribution < -0.4 is 14.4 Å². The van der Waals surface area contributed by atoms with Crippen molar-refractivity contribution in [2.24, 2.45) is 0 Å². The molecule has 0 saturated carbocycles. The standard InChI is InChI=1S/C22H28N2O3S/c1-16-11-12-24(18-7-5-6-8-21(18)28-16)22(25)15-23(2)14-17-9-10-19(26-3)20(13-17)27-4/h5-10,13,16H,11-12,14-15H2,1-4H3. The van der Waals surface area contributed by atoms with E-state index in [0.29, 0.717) is 29.8 Å². The van der Waals surface area contributed by atoms with Gasteiger partial charge in [-0.25, -0.2) is 0 Å². The number of anilines is 1. The monoisotopic (exact) mass is 400 g/mol. The Labute approximate surface area is 171 Å². The van der Waals surface area contributed by atoms with Gasteiger partial charge in [0, 0.05) is 23.2 Å². The predicted molar refractivity (Wildman–Crippen MR) is 115 cm³/mol. The Bertz CT molecular complexity index is 827. The summed E-state index contributed by atoms with van der Waals surface area (Å²) in [4.78, 5) is 18.2. The van der Waals surface area contributed by atoms with Crippen LogP contribution in [0.1, 0.15) is 18.9 Å². The zero-order valence-corrected chi connectivity index (χ0v) is 17.8. The zero-order valence-electron chi connectivity index (χ0n) is 17.0. The summed E-state index contributed by atoms with van der Waals surface area (Å²) in [5, 5.41) is 0.503.